The van der Waals surface area contributed by atoms with Gasteiger partial charge in [-0.2, -0.15) is 5.10 Å². The smallest absolute Gasteiger partial charge is 0.250 e. The predicted octanol–water partition coefficient (Wildman–Crippen LogP) is 4.03. The Balaban J connectivity index is 1.46. The quantitative estimate of drug-likeness (QED) is 0.281. The number of amides is 1. The molecule has 4 rings (SSSR count). The maximum absolute atomic E-state index is 12.2. The van der Waals surface area contributed by atoms with Gasteiger partial charge in [0.2, 0.25) is 0 Å². The molecule has 0 radical (unpaired) electrons. The van der Waals surface area contributed by atoms with Crippen molar-refractivity contribution < 1.29 is 4.79 Å². The summed E-state index contributed by atoms with van der Waals surface area (Å²) >= 11 is 1.40. The van der Waals surface area contributed by atoms with Gasteiger partial charge >= 0.3 is 0 Å². The number of carbonyl (C=O) groups is 1. The number of thioether (sulfide) groups is 1. The first kappa shape index (κ1) is 19.8. The minimum atomic E-state index is -0.186. The number of carbonyl (C=O) groups excluding carboxylic acids is 1. The van der Waals surface area contributed by atoms with Crippen LogP contribution in [0.15, 0.2) is 83.3 Å². The highest BCUT2D eigenvalue weighted by Crippen LogP contribution is 2.25. The molecule has 150 valence electrons. The van der Waals surface area contributed by atoms with Gasteiger partial charge in [0.15, 0.2) is 5.16 Å². The Morgan fingerprint density at radius 1 is 1.13 bits per heavy atom. The molecule has 30 heavy (non-hydrogen) atoms. The van der Waals surface area contributed by atoms with Crippen molar-refractivity contribution in [3.63, 3.8) is 0 Å². The zero-order valence-corrected chi connectivity index (χ0v) is 17.3. The highest BCUT2D eigenvalue weighted by Gasteiger charge is 2.13. The molecule has 1 N–H and O–H groups in total. The fourth-order valence-electron chi connectivity index (χ4n) is 2.99. The summed E-state index contributed by atoms with van der Waals surface area (Å²) in [6.07, 6.45) is 4.94. The molecule has 0 spiro atoms. The van der Waals surface area contributed by atoms with Crippen molar-refractivity contribution in [2.24, 2.45) is 5.10 Å². The second kappa shape index (κ2) is 9.37. The van der Waals surface area contributed by atoms with Gasteiger partial charge < -0.3 is 4.57 Å². The van der Waals surface area contributed by atoms with Crippen LogP contribution < -0.4 is 5.43 Å². The lowest BCUT2D eigenvalue weighted by Crippen LogP contribution is -2.20. The van der Waals surface area contributed by atoms with E-state index >= 15 is 0 Å². The topological polar surface area (TPSA) is 72.2 Å². The summed E-state index contributed by atoms with van der Waals surface area (Å²) in [5.41, 5.74) is 7.77. The van der Waals surface area contributed by atoms with E-state index in [1.54, 1.807) is 18.6 Å². The van der Waals surface area contributed by atoms with Crippen molar-refractivity contribution >= 4 is 34.9 Å². The number of hydrazone groups is 1. The maximum atomic E-state index is 12.2. The molecule has 1 amide bonds. The molecule has 0 atom stereocenters. The summed E-state index contributed by atoms with van der Waals surface area (Å²) in [6.45, 7) is 2.77. The molecule has 0 aliphatic heterocycles. The zero-order valence-electron chi connectivity index (χ0n) is 16.5. The van der Waals surface area contributed by atoms with Gasteiger partial charge in [-0.05, 0) is 30.7 Å². The second-order valence-electron chi connectivity index (χ2n) is 6.82. The number of imidazole rings is 1. The Bertz CT molecular complexity index is 1170. The molecular formula is C23H21N5OS. The molecule has 0 saturated carbocycles. The SMILES string of the molecule is Cc1ccc(Cn2c(SCC(=O)N/N=C/c3cccnc3)nc3ccccc32)cc1. The van der Waals surface area contributed by atoms with Crippen molar-refractivity contribution in [2.45, 2.75) is 18.6 Å². The van der Waals surface area contributed by atoms with E-state index in [2.05, 4.69) is 57.3 Å². The number of nitrogens with one attached hydrogen (secondary N) is 1. The molecule has 0 aliphatic carbocycles. The maximum Gasteiger partial charge on any atom is 0.250 e. The Hall–Kier alpha value is -3.45. The average Bonchev–Trinajstić information content (AvgIpc) is 3.12. The van der Waals surface area contributed by atoms with Gasteiger partial charge in [0.25, 0.3) is 5.91 Å². The predicted molar refractivity (Wildman–Crippen MR) is 121 cm³/mol. The Morgan fingerprint density at radius 3 is 2.77 bits per heavy atom. The lowest BCUT2D eigenvalue weighted by molar-refractivity contribution is -0.118. The molecule has 0 saturated heterocycles. The number of rotatable bonds is 7. The van der Waals surface area contributed by atoms with Crippen LogP contribution in [0, 0.1) is 6.92 Å². The third-order valence-electron chi connectivity index (χ3n) is 4.50. The second-order valence-corrected chi connectivity index (χ2v) is 7.77. The van der Waals surface area contributed by atoms with E-state index in [9.17, 15) is 4.79 Å². The van der Waals surface area contributed by atoms with Crippen molar-refractivity contribution in [2.75, 3.05) is 5.75 Å². The minimum absolute atomic E-state index is 0.186. The van der Waals surface area contributed by atoms with Gasteiger partial charge in [0.1, 0.15) is 0 Å². The standard InChI is InChI=1S/C23H21N5OS/c1-17-8-10-18(11-9-17)15-28-21-7-3-2-6-20(21)26-23(28)30-16-22(29)27-25-14-19-5-4-12-24-13-19/h2-14H,15-16H2,1H3,(H,27,29)/b25-14+. The molecule has 2 aromatic carbocycles. The van der Waals surface area contributed by atoms with Crippen LogP contribution in [0.3, 0.4) is 0 Å². The first-order chi connectivity index (χ1) is 14.7. The molecule has 0 fully saturated rings. The van der Waals surface area contributed by atoms with Crippen molar-refractivity contribution in [3.05, 3.63) is 89.7 Å². The van der Waals surface area contributed by atoms with Crippen LogP contribution in [-0.4, -0.2) is 32.4 Å². The number of hydrogen-bond acceptors (Lipinski definition) is 5. The minimum Gasteiger partial charge on any atom is -0.314 e. The van der Waals surface area contributed by atoms with Crippen molar-refractivity contribution in [3.8, 4) is 0 Å². The first-order valence-corrected chi connectivity index (χ1v) is 10.5. The van der Waals surface area contributed by atoms with Crippen molar-refractivity contribution in [1.29, 1.82) is 0 Å². The highest BCUT2D eigenvalue weighted by molar-refractivity contribution is 7.99. The molecule has 2 aromatic heterocycles. The number of nitrogens with zero attached hydrogens (tertiary/aromatic N) is 4. The van der Waals surface area contributed by atoms with Crippen molar-refractivity contribution in [1.82, 2.24) is 20.0 Å². The number of para-hydroxylation sites is 2. The van der Waals surface area contributed by atoms with E-state index in [-0.39, 0.29) is 11.7 Å². The van der Waals surface area contributed by atoms with Gasteiger partial charge in [0, 0.05) is 18.0 Å². The Kier molecular flexibility index (Phi) is 6.20. The van der Waals surface area contributed by atoms with Gasteiger partial charge in [-0.3, -0.25) is 9.78 Å². The normalized spacial score (nSPS) is 11.2. The number of fused-ring (bicyclic) bond motifs is 1. The molecule has 0 bridgehead atoms. The first-order valence-electron chi connectivity index (χ1n) is 9.54. The number of benzene rings is 2. The van der Waals surface area contributed by atoms with Gasteiger partial charge in [-0.25, -0.2) is 10.4 Å². The fraction of sp³-hybridized carbons (Fsp3) is 0.130. The molecule has 4 aromatic rings. The summed E-state index contributed by atoms with van der Waals surface area (Å²) in [6, 6.07) is 20.2. The van der Waals surface area contributed by atoms with Crippen LogP contribution in [0.2, 0.25) is 0 Å². The van der Waals surface area contributed by atoms with Crippen LogP contribution in [0.1, 0.15) is 16.7 Å². The third kappa shape index (κ3) is 4.93. The Morgan fingerprint density at radius 2 is 1.97 bits per heavy atom. The number of hydrogen-bond donors (Lipinski definition) is 1. The van der Waals surface area contributed by atoms with Crippen LogP contribution in [0.5, 0.6) is 0 Å². The van der Waals surface area contributed by atoms with E-state index in [4.69, 9.17) is 4.98 Å². The molecule has 2 heterocycles. The molecule has 0 unspecified atom stereocenters. The summed E-state index contributed by atoms with van der Waals surface area (Å²) < 4.78 is 2.15. The lowest BCUT2D eigenvalue weighted by atomic mass is 10.1. The van der Waals surface area contributed by atoms with E-state index in [0.717, 1.165) is 21.8 Å². The summed E-state index contributed by atoms with van der Waals surface area (Å²) in [5, 5.41) is 4.80. The van der Waals surface area contributed by atoms with E-state index < -0.39 is 0 Å². The van der Waals surface area contributed by atoms with Gasteiger partial charge in [-0.1, -0.05) is 59.8 Å². The highest BCUT2D eigenvalue weighted by atomic mass is 32.2. The van der Waals surface area contributed by atoms with Crippen LogP contribution in [-0.2, 0) is 11.3 Å². The lowest BCUT2D eigenvalue weighted by Gasteiger charge is -2.09. The van der Waals surface area contributed by atoms with Gasteiger partial charge in [0.05, 0.1) is 29.5 Å². The largest absolute Gasteiger partial charge is 0.314 e. The Labute approximate surface area is 179 Å². The number of aromatic nitrogens is 3. The molecule has 6 nitrogen and oxygen atoms in total. The fourth-order valence-corrected chi connectivity index (χ4v) is 3.79. The molecule has 7 heteroatoms. The molecule has 0 aliphatic rings. The third-order valence-corrected chi connectivity index (χ3v) is 5.48. The molecular weight excluding hydrogens is 394 g/mol. The zero-order chi connectivity index (χ0) is 20.8. The average molecular weight is 416 g/mol. The number of aryl methyl sites for hydroxylation is 1. The van der Waals surface area contributed by atoms with E-state index in [1.807, 2.05) is 30.3 Å². The van der Waals surface area contributed by atoms with Crippen LogP contribution in [0.25, 0.3) is 11.0 Å². The van der Waals surface area contributed by atoms with E-state index in [1.165, 1.54) is 22.9 Å². The monoisotopic (exact) mass is 415 g/mol. The van der Waals surface area contributed by atoms with Crippen LogP contribution in [0.4, 0.5) is 0 Å². The van der Waals surface area contributed by atoms with E-state index in [0.29, 0.717) is 6.54 Å². The number of pyridine rings is 1. The van der Waals surface area contributed by atoms with Gasteiger partial charge in [-0.15, -0.1) is 0 Å². The summed E-state index contributed by atoms with van der Waals surface area (Å²) in [7, 11) is 0. The summed E-state index contributed by atoms with van der Waals surface area (Å²) in [5.74, 6) is 0.0378. The van der Waals surface area contributed by atoms with Crippen LogP contribution >= 0.6 is 11.8 Å². The summed E-state index contributed by atoms with van der Waals surface area (Å²) in [4.78, 5) is 21.0.